The number of nitro groups is 1. The maximum absolute atomic E-state index is 12.4. The molecule has 0 spiro atoms. The van der Waals surface area contributed by atoms with Crippen molar-refractivity contribution in [1.82, 2.24) is 4.72 Å². The van der Waals surface area contributed by atoms with Crippen molar-refractivity contribution in [3.63, 3.8) is 0 Å². The summed E-state index contributed by atoms with van der Waals surface area (Å²) in [5.41, 5.74) is 0.118. The minimum atomic E-state index is -4.05. The Kier molecular flexibility index (Phi) is 4.80. The van der Waals surface area contributed by atoms with E-state index < -0.39 is 26.7 Å². The van der Waals surface area contributed by atoms with Crippen LogP contribution in [0.25, 0.3) is 0 Å². The van der Waals surface area contributed by atoms with Gasteiger partial charge in [-0.15, -0.1) is 0 Å². The van der Waals surface area contributed by atoms with Gasteiger partial charge in [0.2, 0.25) is 10.0 Å². The van der Waals surface area contributed by atoms with Gasteiger partial charge in [-0.25, -0.2) is 13.1 Å². The smallest absolute Gasteiger partial charge is 0.258 e. The third-order valence-corrected chi connectivity index (χ3v) is 4.99. The van der Waals surface area contributed by atoms with Crippen molar-refractivity contribution in [2.45, 2.75) is 17.9 Å². The number of hydrogen-bond acceptors (Lipinski definition) is 4. The molecule has 2 aromatic carbocycles. The maximum Gasteiger partial charge on any atom is 0.289 e. The van der Waals surface area contributed by atoms with Crippen LogP contribution in [0.15, 0.2) is 53.4 Å². The average Bonchev–Trinajstić information content (AvgIpc) is 2.47. The number of benzene rings is 2. The van der Waals surface area contributed by atoms with Crippen molar-refractivity contribution in [3.8, 4) is 0 Å². The topological polar surface area (TPSA) is 89.3 Å². The highest BCUT2D eigenvalue weighted by molar-refractivity contribution is 7.89. The fourth-order valence-corrected chi connectivity index (χ4v) is 3.72. The van der Waals surface area contributed by atoms with Crippen LogP contribution in [-0.2, 0) is 10.0 Å². The largest absolute Gasteiger partial charge is 0.289 e. The molecule has 0 aliphatic carbocycles. The summed E-state index contributed by atoms with van der Waals surface area (Å²) >= 11 is 6.03. The van der Waals surface area contributed by atoms with Gasteiger partial charge in [0.25, 0.3) is 5.69 Å². The molecule has 0 amide bonds. The van der Waals surface area contributed by atoms with Crippen LogP contribution in [0, 0.1) is 10.1 Å². The highest BCUT2D eigenvalue weighted by atomic mass is 35.5. The van der Waals surface area contributed by atoms with Gasteiger partial charge in [-0.3, -0.25) is 10.1 Å². The van der Waals surface area contributed by atoms with E-state index in [4.69, 9.17) is 11.6 Å². The molecular weight excluding hydrogens is 328 g/mol. The second-order valence-electron chi connectivity index (χ2n) is 4.59. The highest BCUT2D eigenvalue weighted by Crippen LogP contribution is 2.27. The quantitative estimate of drug-likeness (QED) is 0.668. The Bertz CT molecular complexity index is 808. The van der Waals surface area contributed by atoms with Gasteiger partial charge in [-0.05, 0) is 24.6 Å². The summed E-state index contributed by atoms with van der Waals surface area (Å²) in [6, 6.07) is 11.4. The fourth-order valence-electron chi connectivity index (χ4n) is 2.02. The normalized spacial score (nSPS) is 12.8. The summed E-state index contributed by atoms with van der Waals surface area (Å²) in [5.74, 6) is 0. The number of nitro benzene ring substituents is 1. The third kappa shape index (κ3) is 3.44. The molecule has 0 aliphatic rings. The molecule has 2 aromatic rings. The van der Waals surface area contributed by atoms with Crippen molar-refractivity contribution >= 4 is 27.3 Å². The van der Waals surface area contributed by atoms with Gasteiger partial charge in [-0.1, -0.05) is 41.9 Å². The van der Waals surface area contributed by atoms with Gasteiger partial charge in [0, 0.05) is 17.1 Å². The van der Waals surface area contributed by atoms with Crippen LogP contribution < -0.4 is 4.72 Å². The van der Waals surface area contributed by atoms with E-state index in [1.807, 2.05) is 0 Å². The molecule has 0 saturated carbocycles. The number of para-hydroxylation sites is 1. The molecule has 0 saturated heterocycles. The van der Waals surface area contributed by atoms with Crippen molar-refractivity contribution in [1.29, 1.82) is 0 Å². The lowest BCUT2D eigenvalue weighted by molar-refractivity contribution is -0.387. The zero-order chi connectivity index (χ0) is 16.3. The maximum atomic E-state index is 12.4. The Hall–Kier alpha value is -1.96. The molecule has 1 N–H and O–H groups in total. The Balaban J connectivity index is 2.37. The molecule has 116 valence electrons. The molecular formula is C14H13ClN2O4S. The summed E-state index contributed by atoms with van der Waals surface area (Å²) < 4.78 is 27.2. The van der Waals surface area contributed by atoms with Gasteiger partial charge in [0.05, 0.1) is 4.92 Å². The molecule has 1 atom stereocenters. The SMILES string of the molecule is CC(NS(=O)(=O)c1ccccc1[N+](=O)[O-])c1ccccc1Cl. The first-order valence-electron chi connectivity index (χ1n) is 6.33. The number of hydrogen-bond donors (Lipinski definition) is 1. The minimum Gasteiger partial charge on any atom is -0.258 e. The Labute approximate surface area is 132 Å². The molecule has 2 rings (SSSR count). The van der Waals surface area contributed by atoms with Crippen LogP contribution in [0.3, 0.4) is 0 Å². The van der Waals surface area contributed by atoms with Crippen molar-refractivity contribution in [2.24, 2.45) is 0 Å². The van der Waals surface area contributed by atoms with Gasteiger partial charge in [0.1, 0.15) is 0 Å². The summed E-state index contributed by atoms with van der Waals surface area (Å²) in [6.07, 6.45) is 0. The van der Waals surface area contributed by atoms with Crippen LogP contribution >= 0.6 is 11.6 Å². The first-order chi connectivity index (χ1) is 10.3. The summed E-state index contributed by atoms with van der Waals surface area (Å²) in [7, 11) is -4.05. The highest BCUT2D eigenvalue weighted by Gasteiger charge is 2.27. The molecule has 0 aliphatic heterocycles. The van der Waals surface area contributed by atoms with Crippen LogP contribution in [-0.4, -0.2) is 13.3 Å². The van der Waals surface area contributed by atoms with Crippen molar-refractivity contribution in [2.75, 3.05) is 0 Å². The lowest BCUT2D eigenvalue weighted by atomic mass is 10.1. The fraction of sp³-hybridized carbons (Fsp3) is 0.143. The number of halogens is 1. The van der Waals surface area contributed by atoms with Gasteiger partial charge in [0.15, 0.2) is 4.90 Å². The number of nitrogens with one attached hydrogen (secondary N) is 1. The first kappa shape index (κ1) is 16.4. The number of nitrogens with zero attached hydrogens (tertiary/aromatic N) is 1. The van der Waals surface area contributed by atoms with Gasteiger partial charge < -0.3 is 0 Å². The third-order valence-electron chi connectivity index (χ3n) is 3.06. The van der Waals surface area contributed by atoms with Crippen LogP contribution in [0.1, 0.15) is 18.5 Å². The van der Waals surface area contributed by atoms with E-state index in [-0.39, 0.29) is 4.90 Å². The number of rotatable bonds is 5. The Morgan fingerprint density at radius 3 is 2.36 bits per heavy atom. The Morgan fingerprint density at radius 1 is 1.14 bits per heavy atom. The van der Waals surface area contributed by atoms with Crippen LogP contribution in [0.2, 0.25) is 5.02 Å². The van der Waals surface area contributed by atoms with E-state index in [2.05, 4.69) is 4.72 Å². The Morgan fingerprint density at radius 2 is 1.73 bits per heavy atom. The second-order valence-corrected chi connectivity index (χ2v) is 6.68. The summed E-state index contributed by atoms with van der Waals surface area (Å²) in [5, 5.41) is 11.4. The first-order valence-corrected chi connectivity index (χ1v) is 8.19. The van der Waals surface area contributed by atoms with E-state index in [9.17, 15) is 18.5 Å². The lowest BCUT2D eigenvalue weighted by Gasteiger charge is -2.15. The molecule has 0 heterocycles. The van der Waals surface area contributed by atoms with Crippen LogP contribution in [0.5, 0.6) is 0 Å². The van der Waals surface area contributed by atoms with E-state index in [0.29, 0.717) is 10.6 Å². The van der Waals surface area contributed by atoms with E-state index in [1.165, 1.54) is 18.2 Å². The zero-order valence-corrected chi connectivity index (χ0v) is 13.1. The standard InChI is InChI=1S/C14H13ClN2O4S/c1-10(11-6-2-3-7-12(11)15)16-22(20,21)14-9-5-4-8-13(14)17(18)19/h2-10,16H,1H3. The molecule has 0 aromatic heterocycles. The lowest BCUT2D eigenvalue weighted by Crippen LogP contribution is -2.27. The van der Waals surface area contributed by atoms with E-state index >= 15 is 0 Å². The summed E-state index contributed by atoms with van der Waals surface area (Å²) in [4.78, 5) is 9.87. The van der Waals surface area contributed by atoms with Gasteiger partial charge >= 0.3 is 0 Å². The molecule has 0 radical (unpaired) electrons. The van der Waals surface area contributed by atoms with Gasteiger partial charge in [-0.2, -0.15) is 0 Å². The van der Waals surface area contributed by atoms with Crippen molar-refractivity contribution in [3.05, 3.63) is 69.2 Å². The zero-order valence-electron chi connectivity index (χ0n) is 11.6. The molecule has 0 fully saturated rings. The molecule has 6 nitrogen and oxygen atoms in total. The monoisotopic (exact) mass is 340 g/mol. The molecule has 0 bridgehead atoms. The summed E-state index contributed by atoms with van der Waals surface area (Å²) in [6.45, 7) is 1.62. The molecule has 1 unspecified atom stereocenters. The molecule has 22 heavy (non-hydrogen) atoms. The van der Waals surface area contributed by atoms with Crippen molar-refractivity contribution < 1.29 is 13.3 Å². The van der Waals surface area contributed by atoms with Crippen LogP contribution in [0.4, 0.5) is 5.69 Å². The second kappa shape index (κ2) is 6.43. The molecule has 8 heteroatoms. The predicted molar refractivity (Wildman–Crippen MR) is 83.3 cm³/mol. The predicted octanol–water partition coefficient (Wildman–Crippen LogP) is 3.29. The minimum absolute atomic E-state index is 0.376. The number of sulfonamides is 1. The van der Waals surface area contributed by atoms with E-state index in [1.54, 1.807) is 31.2 Å². The average molecular weight is 341 g/mol. The van der Waals surface area contributed by atoms with E-state index in [0.717, 1.165) is 6.07 Å².